The highest BCUT2D eigenvalue weighted by Gasteiger charge is 2.59. The van der Waals surface area contributed by atoms with Gasteiger partial charge in [0.25, 0.3) is 0 Å². The van der Waals surface area contributed by atoms with Gasteiger partial charge in [0.05, 0.1) is 6.10 Å². The molecule has 4 rings (SSSR count). The Labute approximate surface area is 147 Å². The van der Waals surface area contributed by atoms with Gasteiger partial charge in [-0.05, 0) is 92.4 Å². The van der Waals surface area contributed by atoms with Gasteiger partial charge in [0.2, 0.25) is 0 Å². The van der Waals surface area contributed by atoms with Crippen LogP contribution in [0.2, 0.25) is 0 Å². The fraction of sp³-hybridized carbons (Fsp3) is 0.864. The van der Waals surface area contributed by atoms with Crippen LogP contribution in [0.5, 0.6) is 0 Å². The Kier molecular flexibility index (Phi) is 4.18. The van der Waals surface area contributed by atoms with Crippen LogP contribution in [-0.2, 0) is 4.79 Å². The Hall–Kier alpha value is -0.630. The van der Waals surface area contributed by atoms with E-state index >= 15 is 0 Å². The third-order valence-corrected chi connectivity index (χ3v) is 8.60. The zero-order valence-electron chi connectivity index (χ0n) is 15.6. The molecule has 24 heavy (non-hydrogen) atoms. The van der Waals surface area contributed by atoms with Crippen molar-refractivity contribution >= 4 is 5.78 Å². The van der Waals surface area contributed by atoms with Crippen LogP contribution in [0, 0.1) is 40.9 Å². The Morgan fingerprint density at radius 3 is 2.75 bits per heavy atom. The molecule has 0 radical (unpaired) electrons. The Morgan fingerprint density at radius 2 is 2.04 bits per heavy atom. The quantitative estimate of drug-likeness (QED) is 0.792. The molecule has 1 unspecified atom stereocenters. The molecule has 0 aromatic heterocycles. The van der Waals surface area contributed by atoms with Crippen molar-refractivity contribution in [3.63, 3.8) is 0 Å². The van der Waals surface area contributed by atoms with E-state index in [-0.39, 0.29) is 6.10 Å². The second-order valence-electron chi connectivity index (χ2n) is 9.52. The maximum Gasteiger partial charge on any atom is 0.155 e. The van der Waals surface area contributed by atoms with Crippen LogP contribution in [0.25, 0.3) is 0 Å². The highest BCUT2D eigenvalue weighted by molar-refractivity contribution is 5.91. The van der Waals surface area contributed by atoms with E-state index < -0.39 is 0 Å². The van der Waals surface area contributed by atoms with Crippen molar-refractivity contribution in [2.75, 3.05) is 0 Å². The molecule has 4 aliphatic rings. The largest absolute Gasteiger partial charge is 0.393 e. The third kappa shape index (κ3) is 2.35. The van der Waals surface area contributed by atoms with E-state index in [2.05, 4.69) is 13.8 Å². The summed E-state index contributed by atoms with van der Waals surface area (Å²) in [5.41, 5.74) is 1.82. The van der Waals surface area contributed by atoms with Crippen molar-refractivity contribution in [2.45, 2.75) is 78.2 Å². The molecule has 3 fully saturated rings. The number of hydrogen-bond donors (Lipinski definition) is 1. The second kappa shape index (κ2) is 5.97. The van der Waals surface area contributed by atoms with Crippen molar-refractivity contribution in [3.8, 4) is 0 Å². The van der Waals surface area contributed by atoms with Gasteiger partial charge in [-0.1, -0.05) is 25.8 Å². The van der Waals surface area contributed by atoms with Gasteiger partial charge in [0.1, 0.15) is 0 Å². The molecule has 8 atom stereocenters. The summed E-state index contributed by atoms with van der Waals surface area (Å²) in [7, 11) is 0. The van der Waals surface area contributed by atoms with Crippen LogP contribution in [-0.4, -0.2) is 17.0 Å². The third-order valence-electron chi connectivity index (χ3n) is 8.60. The first-order chi connectivity index (χ1) is 11.5. The molecule has 0 aromatic rings. The van der Waals surface area contributed by atoms with Gasteiger partial charge in [-0.3, -0.25) is 4.79 Å². The summed E-state index contributed by atoms with van der Waals surface area (Å²) >= 11 is 0. The minimum atomic E-state index is -0.166. The van der Waals surface area contributed by atoms with Gasteiger partial charge in [-0.15, -0.1) is 0 Å². The summed E-state index contributed by atoms with van der Waals surface area (Å²) in [5, 5.41) is 10.4. The molecule has 0 aliphatic heterocycles. The first kappa shape index (κ1) is 16.8. The molecule has 1 N–H and O–H groups in total. The molecule has 4 aliphatic carbocycles. The SMILES string of the molecule is CCC1C[C@]2(C)[C@@H]([C@H](C)O)CC[C@H]2[C@@H]2CCC3=CC(=O)CC[C@@H]3[C@@H]12. The summed E-state index contributed by atoms with van der Waals surface area (Å²) in [4.78, 5) is 11.9. The molecule has 134 valence electrons. The predicted molar refractivity (Wildman–Crippen MR) is 96.4 cm³/mol. The normalized spacial score (nSPS) is 49.0. The minimum Gasteiger partial charge on any atom is -0.393 e. The van der Waals surface area contributed by atoms with E-state index in [1.165, 1.54) is 37.7 Å². The monoisotopic (exact) mass is 330 g/mol. The highest BCUT2D eigenvalue weighted by atomic mass is 16.3. The average Bonchev–Trinajstić information content (AvgIpc) is 2.90. The summed E-state index contributed by atoms with van der Waals surface area (Å²) < 4.78 is 0. The molecule has 0 amide bonds. The first-order valence-corrected chi connectivity index (χ1v) is 10.4. The Morgan fingerprint density at radius 1 is 1.25 bits per heavy atom. The first-order valence-electron chi connectivity index (χ1n) is 10.4. The Balaban J connectivity index is 1.68. The number of carbonyl (C=O) groups is 1. The molecular weight excluding hydrogens is 296 g/mol. The number of ketones is 1. The lowest BCUT2D eigenvalue weighted by Crippen LogP contribution is -2.51. The molecule has 2 heteroatoms. The smallest absolute Gasteiger partial charge is 0.155 e. The zero-order valence-corrected chi connectivity index (χ0v) is 15.6. The molecule has 0 heterocycles. The number of aliphatic hydroxyl groups is 1. The van der Waals surface area contributed by atoms with Crippen LogP contribution >= 0.6 is 0 Å². The second-order valence-corrected chi connectivity index (χ2v) is 9.52. The lowest BCUT2D eigenvalue weighted by molar-refractivity contribution is -0.117. The van der Waals surface area contributed by atoms with Gasteiger partial charge in [0, 0.05) is 6.42 Å². The van der Waals surface area contributed by atoms with E-state index in [9.17, 15) is 9.90 Å². The number of rotatable bonds is 2. The zero-order chi connectivity index (χ0) is 17.1. The molecule has 0 bridgehead atoms. The fourth-order valence-corrected chi connectivity index (χ4v) is 7.75. The number of fused-ring (bicyclic) bond motifs is 5. The van der Waals surface area contributed by atoms with Crippen molar-refractivity contribution in [1.82, 2.24) is 0 Å². The fourth-order valence-electron chi connectivity index (χ4n) is 7.75. The molecule has 0 spiro atoms. The molecule has 0 aromatic carbocycles. The van der Waals surface area contributed by atoms with E-state index in [1.54, 1.807) is 0 Å². The predicted octanol–water partition coefficient (Wildman–Crippen LogP) is 4.76. The number of hydrogen-bond acceptors (Lipinski definition) is 2. The summed E-state index contributed by atoms with van der Waals surface area (Å²) in [6, 6.07) is 0. The number of allylic oxidation sites excluding steroid dienone is 1. The molecule has 2 nitrogen and oxygen atoms in total. The van der Waals surface area contributed by atoms with Crippen LogP contribution in [0.15, 0.2) is 11.6 Å². The van der Waals surface area contributed by atoms with Gasteiger partial charge in [0.15, 0.2) is 5.78 Å². The molecule has 3 saturated carbocycles. The van der Waals surface area contributed by atoms with Crippen LogP contribution < -0.4 is 0 Å². The van der Waals surface area contributed by atoms with E-state index in [0.717, 1.165) is 42.9 Å². The summed E-state index contributed by atoms with van der Waals surface area (Å²) in [6.45, 7) is 6.88. The van der Waals surface area contributed by atoms with Gasteiger partial charge >= 0.3 is 0 Å². The number of aliphatic hydroxyl groups excluding tert-OH is 1. The molecule has 0 saturated heterocycles. The highest BCUT2D eigenvalue weighted by Crippen LogP contribution is 2.66. The van der Waals surface area contributed by atoms with Crippen molar-refractivity contribution in [3.05, 3.63) is 11.6 Å². The van der Waals surface area contributed by atoms with Crippen LogP contribution in [0.4, 0.5) is 0 Å². The average molecular weight is 331 g/mol. The van der Waals surface area contributed by atoms with Crippen LogP contribution in [0.3, 0.4) is 0 Å². The van der Waals surface area contributed by atoms with Crippen molar-refractivity contribution < 1.29 is 9.90 Å². The standard InChI is InChI=1S/C22H34O2/c1-4-14-12-22(3)19(13(2)23)9-10-20(22)18-7-5-15-11-16(24)6-8-17(15)21(14)18/h11,13-14,17-21,23H,4-10,12H2,1-3H3/t13-,14?,17-,18-,19+,20-,21+,22+/m0/s1. The minimum absolute atomic E-state index is 0.166. The summed E-state index contributed by atoms with van der Waals surface area (Å²) in [6.07, 6.45) is 11.2. The van der Waals surface area contributed by atoms with Gasteiger partial charge < -0.3 is 5.11 Å². The van der Waals surface area contributed by atoms with Gasteiger partial charge in [-0.2, -0.15) is 0 Å². The summed E-state index contributed by atoms with van der Waals surface area (Å²) in [5.74, 6) is 4.73. The van der Waals surface area contributed by atoms with E-state index in [0.29, 0.717) is 23.0 Å². The van der Waals surface area contributed by atoms with Crippen molar-refractivity contribution in [2.24, 2.45) is 40.9 Å². The topological polar surface area (TPSA) is 37.3 Å². The van der Waals surface area contributed by atoms with E-state index in [4.69, 9.17) is 0 Å². The molecular formula is C22H34O2. The maximum absolute atomic E-state index is 11.9. The lowest BCUT2D eigenvalue weighted by Gasteiger charge is -2.57. The van der Waals surface area contributed by atoms with Gasteiger partial charge in [-0.25, -0.2) is 0 Å². The van der Waals surface area contributed by atoms with Crippen molar-refractivity contribution in [1.29, 1.82) is 0 Å². The van der Waals surface area contributed by atoms with E-state index in [1.807, 2.05) is 13.0 Å². The number of carbonyl (C=O) groups excluding carboxylic acids is 1. The lowest BCUT2D eigenvalue weighted by atomic mass is 9.47. The Bertz CT molecular complexity index is 548. The van der Waals surface area contributed by atoms with Crippen LogP contribution in [0.1, 0.15) is 72.1 Å². The maximum atomic E-state index is 11.9.